The summed E-state index contributed by atoms with van der Waals surface area (Å²) < 4.78 is 28.5. The molecule has 3 heteroatoms. The van der Waals surface area contributed by atoms with Crippen molar-refractivity contribution < 1.29 is 8.78 Å². The predicted octanol–water partition coefficient (Wildman–Crippen LogP) is 9.34. The van der Waals surface area contributed by atoms with Gasteiger partial charge in [-0.25, -0.2) is 8.78 Å². The standard InChI is InChI=1S/C33H31F2N/c1-20-15-27-24-10-5-4-9-22(24)17-28(27)30(16-20)32-26-12-6-11-25(23-13-14-33(34,35)19-23)29(26)18-31(36-32)21-7-2-3-8-21/h4-6,9-12,15-16,18,21,23H,2-3,7-8,13-14,17,19H2,1H3. The Morgan fingerprint density at radius 2 is 1.61 bits per heavy atom. The van der Waals surface area contributed by atoms with Gasteiger partial charge in [-0.15, -0.1) is 0 Å². The SMILES string of the molecule is Cc1cc2c(c(-c3nc(C4CCCC4)cc4c(C5CCC(F)(F)C5)cccc34)c1)Cc1ccccc1-2. The first-order chi connectivity index (χ1) is 17.5. The minimum Gasteiger partial charge on any atom is -0.252 e. The predicted molar refractivity (Wildman–Crippen MR) is 143 cm³/mol. The van der Waals surface area contributed by atoms with Gasteiger partial charge in [0.15, 0.2) is 0 Å². The van der Waals surface area contributed by atoms with Crippen LogP contribution < -0.4 is 0 Å². The molecule has 0 N–H and O–H groups in total. The van der Waals surface area contributed by atoms with Crippen LogP contribution in [-0.4, -0.2) is 10.9 Å². The highest BCUT2D eigenvalue weighted by atomic mass is 19.3. The third kappa shape index (κ3) is 3.58. The molecule has 0 spiro atoms. The van der Waals surface area contributed by atoms with Gasteiger partial charge in [0, 0.05) is 35.4 Å². The van der Waals surface area contributed by atoms with Crippen LogP contribution in [0.3, 0.4) is 0 Å². The maximum Gasteiger partial charge on any atom is 0.248 e. The number of benzene rings is 3. The number of alkyl halides is 2. The molecule has 36 heavy (non-hydrogen) atoms. The van der Waals surface area contributed by atoms with Gasteiger partial charge in [0.2, 0.25) is 5.92 Å². The minimum absolute atomic E-state index is 0.00881. The number of fused-ring (bicyclic) bond motifs is 4. The van der Waals surface area contributed by atoms with E-state index < -0.39 is 5.92 Å². The summed E-state index contributed by atoms with van der Waals surface area (Å²) in [5.74, 6) is -2.19. The summed E-state index contributed by atoms with van der Waals surface area (Å²) in [6.07, 6.45) is 6.22. The zero-order valence-electron chi connectivity index (χ0n) is 20.8. The molecule has 0 radical (unpaired) electrons. The van der Waals surface area contributed by atoms with Gasteiger partial charge in [0.05, 0.1) is 5.69 Å². The van der Waals surface area contributed by atoms with Crippen molar-refractivity contribution in [3.05, 3.63) is 88.6 Å². The Morgan fingerprint density at radius 3 is 2.42 bits per heavy atom. The molecule has 2 fully saturated rings. The lowest BCUT2D eigenvalue weighted by Gasteiger charge is -2.20. The molecule has 0 aliphatic heterocycles. The number of aromatic nitrogens is 1. The van der Waals surface area contributed by atoms with Crippen molar-refractivity contribution in [1.29, 1.82) is 0 Å². The second-order valence-corrected chi connectivity index (χ2v) is 11.3. The Hall–Kier alpha value is -3.07. The summed E-state index contributed by atoms with van der Waals surface area (Å²) in [7, 11) is 0. The van der Waals surface area contributed by atoms with Crippen LogP contribution in [0.1, 0.15) is 84.7 Å². The smallest absolute Gasteiger partial charge is 0.248 e. The number of halogens is 2. The molecule has 1 aromatic heterocycles. The number of nitrogens with zero attached hydrogens (tertiary/aromatic N) is 1. The van der Waals surface area contributed by atoms with Crippen molar-refractivity contribution in [1.82, 2.24) is 4.98 Å². The van der Waals surface area contributed by atoms with Gasteiger partial charge < -0.3 is 0 Å². The van der Waals surface area contributed by atoms with Crippen LogP contribution in [0.4, 0.5) is 8.78 Å². The lowest BCUT2D eigenvalue weighted by molar-refractivity contribution is 0.00780. The Kier molecular flexibility index (Phi) is 5.06. The monoisotopic (exact) mass is 479 g/mol. The Balaban J connectivity index is 1.47. The topological polar surface area (TPSA) is 12.9 Å². The fraction of sp³-hybridized carbons (Fsp3) is 0.364. The molecule has 0 amide bonds. The molecule has 1 unspecified atom stereocenters. The van der Waals surface area contributed by atoms with E-state index in [0.717, 1.165) is 34.1 Å². The molecule has 1 heterocycles. The van der Waals surface area contributed by atoms with Gasteiger partial charge in [-0.05, 0) is 89.4 Å². The lowest BCUT2D eigenvalue weighted by Crippen LogP contribution is -2.09. The number of hydrogen-bond donors (Lipinski definition) is 0. The fourth-order valence-corrected chi connectivity index (χ4v) is 7.11. The fourth-order valence-electron chi connectivity index (χ4n) is 7.11. The molecule has 0 saturated heterocycles. The Morgan fingerprint density at radius 1 is 0.806 bits per heavy atom. The minimum atomic E-state index is -2.56. The Bertz CT molecular complexity index is 1500. The quantitative estimate of drug-likeness (QED) is 0.251. The van der Waals surface area contributed by atoms with Crippen LogP contribution in [0.25, 0.3) is 33.2 Å². The molecule has 1 nitrogen and oxygen atoms in total. The first-order valence-corrected chi connectivity index (χ1v) is 13.5. The van der Waals surface area contributed by atoms with Gasteiger partial charge in [0.25, 0.3) is 0 Å². The van der Waals surface area contributed by atoms with E-state index in [1.807, 2.05) is 0 Å². The zero-order chi connectivity index (χ0) is 24.4. The van der Waals surface area contributed by atoms with Gasteiger partial charge in [-0.3, -0.25) is 4.98 Å². The molecule has 3 aromatic carbocycles. The summed E-state index contributed by atoms with van der Waals surface area (Å²) in [4.78, 5) is 5.38. The number of hydrogen-bond acceptors (Lipinski definition) is 1. The summed E-state index contributed by atoms with van der Waals surface area (Å²) in [6, 6.07) is 21.8. The third-order valence-electron chi connectivity index (χ3n) is 8.87. The number of rotatable bonds is 3. The van der Waals surface area contributed by atoms with Crippen LogP contribution in [0, 0.1) is 6.92 Å². The van der Waals surface area contributed by atoms with E-state index in [1.165, 1.54) is 59.1 Å². The highest BCUT2D eigenvalue weighted by Gasteiger charge is 2.40. The first-order valence-electron chi connectivity index (χ1n) is 13.5. The van der Waals surface area contributed by atoms with E-state index in [-0.39, 0.29) is 18.8 Å². The van der Waals surface area contributed by atoms with E-state index in [4.69, 9.17) is 4.98 Å². The van der Waals surface area contributed by atoms with E-state index in [2.05, 4.69) is 67.6 Å². The van der Waals surface area contributed by atoms with Crippen molar-refractivity contribution in [3.8, 4) is 22.4 Å². The maximum atomic E-state index is 14.3. The van der Waals surface area contributed by atoms with Crippen molar-refractivity contribution in [3.63, 3.8) is 0 Å². The van der Waals surface area contributed by atoms with E-state index in [0.29, 0.717) is 12.3 Å². The molecule has 4 aromatic rings. The summed E-state index contributed by atoms with van der Waals surface area (Å²) in [6.45, 7) is 2.17. The van der Waals surface area contributed by atoms with Crippen molar-refractivity contribution in [2.24, 2.45) is 0 Å². The first kappa shape index (κ1) is 22.2. The summed E-state index contributed by atoms with van der Waals surface area (Å²) in [5.41, 5.74) is 11.1. The highest BCUT2D eigenvalue weighted by Crippen LogP contribution is 2.48. The van der Waals surface area contributed by atoms with Gasteiger partial charge in [0.1, 0.15) is 0 Å². The molecule has 182 valence electrons. The molecular formula is C33H31F2N. The van der Waals surface area contributed by atoms with Crippen molar-refractivity contribution >= 4 is 10.8 Å². The molecule has 3 aliphatic carbocycles. The third-order valence-corrected chi connectivity index (χ3v) is 8.87. The molecule has 0 bridgehead atoms. The highest BCUT2D eigenvalue weighted by molar-refractivity contribution is 5.99. The van der Waals surface area contributed by atoms with Crippen LogP contribution >= 0.6 is 0 Å². The summed E-state index contributed by atoms with van der Waals surface area (Å²) >= 11 is 0. The number of aryl methyl sites for hydroxylation is 1. The van der Waals surface area contributed by atoms with Gasteiger partial charge in [-0.2, -0.15) is 0 Å². The van der Waals surface area contributed by atoms with Crippen LogP contribution in [0.5, 0.6) is 0 Å². The van der Waals surface area contributed by atoms with Crippen molar-refractivity contribution in [2.45, 2.75) is 76.0 Å². The number of pyridine rings is 1. The van der Waals surface area contributed by atoms with E-state index in [1.54, 1.807) is 0 Å². The maximum absolute atomic E-state index is 14.3. The van der Waals surface area contributed by atoms with Crippen LogP contribution in [0.2, 0.25) is 0 Å². The average molecular weight is 480 g/mol. The largest absolute Gasteiger partial charge is 0.252 e. The zero-order valence-corrected chi connectivity index (χ0v) is 20.8. The molecular weight excluding hydrogens is 448 g/mol. The molecule has 3 aliphatic rings. The Labute approximate surface area is 211 Å². The van der Waals surface area contributed by atoms with Gasteiger partial charge >= 0.3 is 0 Å². The molecule has 7 rings (SSSR count). The lowest BCUT2D eigenvalue weighted by atomic mass is 9.87. The average Bonchev–Trinajstić information content (AvgIpc) is 3.61. The second-order valence-electron chi connectivity index (χ2n) is 11.3. The van der Waals surface area contributed by atoms with Crippen LogP contribution in [-0.2, 0) is 6.42 Å². The molecule has 2 saturated carbocycles. The van der Waals surface area contributed by atoms with E-state index in [9.17, 15) is 8.78 Å². The second kappa shape index (κ2) is 8.23. The summed E-state index contributed by atoms with van der Waals surface area (Å²) in [5, 5.41) is 2.24. The van der Waals surface area contributed by atoms with Crippen LogP contribution in [0.15, 0.2) is 60.7 Å². The van der Waals surface area contributed by atoms with Gasteiger partial charge in [-0.1, -0.05) is 61.4 Å². The van der Waals surface area contributed by atoms with Crippen molar-refractivity contribution in [2.75, 3.05) is 0 Å². The normalized spacial score (nSPS) is 20.7. The molecule has 1 atom stereocenters. The van der Waals surface area contributed by atoms with E-state index >= 15 is 0 Å².